The maximum absolute atomic E-state index is 5.68. The fourth-order valence-corrected chi connectivity index (χ4v) is 3.08. The molecule has 4 rings (SSSR count). The van der Waals surface area contributed by atoms with Crippen molar-refractivity contribution in [1.82, 2.24) is 15.0 Å². The maximum atomic E-state index is 5.68. The van der Waals surface area contributed by atoms with Gasteiger partial charge < -0.3 is 11.1 Å². The highest BCUT2D eigenvalue weighted by atomic mass is 15.0. The van der Waals surface area contributed by atoms with E-state index in [0.29, 0.717) is 18.9 Å². The maximum Gasteiger partial charge on any atom is 0.155 e. The third-order valence-corrected chi connectivity index (χ3v) is 4.68. The van der Waals surface area contributed by atoms with Crippen LogP contribution in [0.1, 0.15) is 28.2 Å². The van der Waals surface area contributed by atoms with Crippen molar-refractivity contribution in [3.8, 4) is 0 Å². The van der Waals surface area contributed by atoms with Crippen LogP contribution in [0, 0.1) is 6.92 Å². The standard InChI is InChI=1S/C24H23N5/c1-17-5-11-22-21(14-17)24(27-16-19-8-6-18(15-25)7-9-19)29-23(28-22)12-10-20-4-2-3-13-26-20/h2-14H,15-16,25H2,1H3,(H,27,28,29). The van der Waals surface area contributed by atoms with E-state index in [0.717, 1.165) is 28.0 Å². The number of benzene rings is 2. The Morgan fingerprint density at radius 1 is 0.931 bits per heavy atom. The van der Waals surface area contributed by atoms with Gasteiger partial charge in [0.25, 0.3) is 0 Å². The quantitative estimate of drug-likeness (QED) is 0.511. The molecule has 144 valence electrons. The molecule has 0 aliphatic carbocycles. The van der Waals surface area contributed by atoms with Crippen LogP contribution in [0.15, 0.2) is 66.9 Å². The molecular weight excluding hydrogens is 358 g/mol. The number of fused-ring (bicyclic) bond motifs is 1. The van der Waals surface area contributed by atoms with Crippen molar-refractivity contribution in [2.45, 2.75) is 20.0 Å². The Labute approximate surface area is 170 Å². The molecule has 4 aromatic rings. The second-order valence-corrected chi connectivity index (χ2v) is 6.91. The lowest BCUT2D eigenvalue weighted by Crippen LogP contribution is -2.05. The van der Waals surface area contributed by atoms with E-state index in [1.165, 1.54) is 11.1 Å². The predicted octanol–water partition coefficient (Wildman–Crippen LogP) is 4.57. The van der Waals surface area contributed by atoms with Gasteiger partial charge in [-0.25, -0.2) is 9.97 Å². The van der Waals surface area contributed by atoms with E-state index < -0.39 is 0 Å². The summed E-state index contributed by atoms with van der Waals surface area (Å²) in [6.45, 7) is 3.30. The molecule has 0 amide bonds. The minimum absolute atomic E-state index is 0.551. The summed E-state index contributed by atoms with van der Waals surface area (Å²) in [5.41, 5.74) is 10.9. The smallest absolute Gasteiger partial charge is 0.155 e. The number of aryl methyl sites for hydroxylation is 1. The lowest BCUT2D eigenvalue weighted by molar-refractivity contribution is 1.05. The normalized spacial score (nSPS) is 11.2. The van der Waals surface area contributed by atoms with Crippen LogP contribution in [0.3, 0.4) is 0 Å². The van der Waals surface area contributed by atoms with Crippen molar-refractivity contribution in [1.29, 1.82) is 0 Å². The minimum Gasteiger partial charge on any atom is -0.365 e. The first-order valence-corrected chi connectivity index (χ1v) is 9.60. The zero-order valence-corrected chi connectivity index (χ0v) is 16.3. The van der Waals surface area contributed by atoms with Crippen LogP contribution in [0.4, 0.5) is 5.82 Å². The molecule has 0 aliphatic heterocycles. The van der Waals surface area contributed by atoms with Gasteiger partial charge in [0.05, 0.1) is 11.2 Å². The van der Waals surface area contributed by atoms with E-state index in [4.69, 9.17) is 15.7 Å². The van der Waals surface area contributed by atoms with Gasteiger partial charge in [0.1, 0.15) is 5.82 Å². The van der Waals surface area contributed by atoms with Gasteiger partial charge in [0, 0.05) is 24.7 Å². The van der Waals surface area contributed by atoms with E-state index >= 15 is 0 Å². The molecule has 2 aromatic heterocycles. The molecule has 0 bridgehead atoms. The zero-order valence-electron chi connectivity index (χ0n) is 16.3. The van der Waals surface area contributed by atoms with Gasteiger partial charge in [0.2, 0.25) is 0 Å². The van der Waals surface area contributed by atoms with Crippen molar-refractivity contribution in [2.75, 3.05) is 5.32 Å². The van der Waals surface area contributed by atoms with E-state index in [9.17, 15) is 0 Å². The summed E-state index contributed by atoms with van der Waals surface area (Å²) in [4.78, 5) is 13.8. The molecule has 29 heavy (non-hydrogen) atoms. The molecule has 5 nitrogen and oxygen atoms in total. The molecule has 0 saturated heterocycles. The van der Waals surface area contributed by atoms with Crippen molar-refractivity contribution in [2.24, 2.45) is 5.73 Å². The zero-order chi connectivity index (χ0) is 20.1. The Bertz CT molecular complexity index is 1140. The summed E-state index contributed by atoms with van der Waals surface area (Å²) in [5.74, 6) is 1.47. The molecule has 0 aliphatic rings. The number of hydrogen-bond acceptors (Lipinski definition) is 5. The van der Waals surface area contributed by atoms with E-state index in [1.807, 2.05) is 36.4 Å². The van der Waals surface area contributed by atoms with Crippen LogP contribution in [-0.4, -0.2) is 15.0 Å². The molecule has 0 spiro atoms. The van der Waals surface area contributed by atoms with Gasteiger partial charge in [-0.15, -0.1) is 0 Å². The molecule has 3 N–H and O–H groups in total. The molecule has 5 heteroatoms. The Morgan fingerprint density at radius 3 is 2.52 bits per heavy atom. The Hall–Kier alpha value is -3.57. The van der Waals surface area contributed by atoms with Crippen LogP contribution in [0.2, 0.25) is 0 Å². The minimum atomic E-state index is 0.551. The number of nitrogens with two attached hydrogens (primary N) is 1. The Morgan fingerprint density at radius 2 is 1.76 bits per heavy atom. The molecule has 0 atom stereocenters. The van der Waals surface area contributed by atoms with Crippen molar-refractivity contribution < 1.29 is 0 Å². The first kappa shape index (κ1) is 18.8. The number of aromatic nitrogens is 3. The first-order valence-electron chi connectivity index (χ1n) is 9.60. The van der Waals surface area contributed by atoms with Crippen LogP contribution >= 0.6 is 0 Å². The third kappa shape index (κ3) is 4.65. The first-order chi connectivity index (χ1) is 14.2. The fraction of sp³-hybridized carbons (Fsp3) is 0.125. The lowest BCUT2D eigenvalue weighted by Gasteiger charge is -2.11. The van der Waals surface area contributed by atoms with Gasteiger partial charge in [-0.1, -0.05) is 42.0 Å². The van der Waals surface area contributed by atoms with E-state index in [1.54, 1.807) is 6.20 Å². The van der Waals surface area contributed by atoms with Gasteiger partial charge in [0.15, 0.2) is 5.82 Å². The Kier molecular flexibility index (Phi) is 5.59. The van der Waals surface area contributed by atoms with Gasteiger partial charge in [-0.05, 0) is 54.5 Å². The summed E-state index contributed by atoms with van der Waals surface area (Å²) in [5, 5.41) is 4.49. The van der Waals surface area contributed by atoms with Crippen molar-refractivity contribution >= 4 is 28.9 Å². The topological polar surface area (TPSA) is 76.7 Å². The predicted molar refractivity (Wildman–Crippen MR) is 119 cm³/mol. The summed E-state index contributed by atoms with van der Waals surface area (Å²) in [6.07, 6.45) is 5.58. The molecule has 2 heterocycles. The number of hydrogen-bond donors (Lipinski definition) is 2. The average molecular weight is 381 g/mol. The Balaban J connectivity index is 1.64. The van der Waals surface area contributed by atoms with E-state index in [2.05, 4.69) is 53.6 Å². The fourth-order valence-electron chi connectivity index (χ4n) is 3.08. The molecule has 2 aromatic carbocycles. The average Bonchev–Trinajstić information content (AvgIpc) is 2.77. The third-order valence-electron chi connectivity index (χ3n) is 4.68. The molecular formula is C24H23N5. The summed E-state index contributed by atoms with van der Waals surface area (Å²) in [7, 11) is 0. The highest BCUT2D eigenvalue weighted by Crippen LogP contribution is 2.23. The SMILES string of the molecule is Cc1ccc2nc(C=Cc3ccccn3)nc(NCc3ccc(CN)cc3)c2c1. The van der Waals surface area contributed by atoms with Crippen LogP contribution in [-0.2, 0) is 13.1 Å². The van der Waals surface area contributed by atoms with Crippen molar-refractivity contribution in [3.05, 3.63) is 95.1 Å². The number of nitrogens with zero attached hydrogens (tertiary/aromatic N) is 3. The van der Waals surface area contributed by atoms with E-state index in [-0.39, 0.29) is 0 Å². The largest absolute Gasteiger partial charge is 0.365 e. The number of rotatable bonds is 6. The van der Waals surface area contributed by atoms with Crippen molar-refractivity contribution in [3.63, 3.8) is 0 Å². The second kappa shape index (κ2) is 8.63. The lowest BCUT2D eigenvalue weighted by atomic mass is 10.1. The molecule has 0 saturated carbocycles. The monoisotopic (exact) mass is 381 g/mol. The summed E-state index contributed by atoms with van der Waals surface area (Å²) >= 11 is 0. The number of anilines is 1. The molecule has 0 fully saturated rings. The van der Waals surface area contributed by atoms with Crippen LogP contribution < -0.4 is 11.1 Å². The number of nitrogens with one attached hydrogen (secondary N) is 1. The van der Waals surface area contributed by atoms with Gasteiger partial charge in [-0.2, -0.15) is 0 Å². The second-order valence-electron chi connectivity index (χ2n) is 6.91. The summed E-state index contributed by atoms with van der Waals surface area (Å²) < 4.78 is 0. The molecule has 0 unspecified atom stereocenters. The highest BCUT2D eigenvalue weighted by molar-refractivity contribution is 5.90. The van der Waals surface area contributed by atoms with Crippen LogP contribution in [0.25, 0.3) is 23.1 Å². The number of pyridine rings is 1. The highest BCUT2D eigenvalue weighted by Gasteiger charge is 2.07. The molecule has 0 radical (unpaired) electrons. The van der Waals surface area contributed by atoms with Gasteiger partial charge in [-0.3, -0.25) is 4.98 Å². The van der Waals surface area contributed by atoms with Gasteiger partial charge >= 0.3 is 0 Å². The summed E-state index contributed by atoms with van der Waals surface area (Å²) in [6, 6.07) is 20.3. The van der Waals surface area contributed by atoms with Crippen LogP contribution in [0.5, 0.6) is 0 Å².